The lowest BCUT2D eigenvalue weighted by Gasteiger charge is -2.12. The summed E-state index contributed by atoms with van der Waals surface area (Å²) in [6.45, 7) is 2.00. The number of hydrogen-bond donors (Lipinski definition) is 0. The fourth-order valence-corrected chi connectivity index (χ4v) is 2.00. The van der Waals surface area contributed by atoms with Gasteiger partial charge in [-0.25, -0.2) is 0 Å². The molecule has 0 radical (unpaired) electrons. The topological polar surface area (TPSA) is 21.6 Å². The van der Waals surface area contributed by atoms with Gasteiger partial charge in [0.25, 0.3) is 0 Å². The van der Waals surface area contributed by atoms with Crippen molar-refractivity contribution >= 4 is 28.3 Å². The molecule has 0 fully saturated rings. The van der Waals surface area contributed by atoms with Gasteiger partial charge in [0.2, 0.25) is 0 Å². The molecule has 2 unspecified atom stereocenters. The molecule has 0 bridgehead atoms. The molecule has 0 aliphatic carbocycles. The first-order chi connectivity index (χ1) is 6.29. The third kappa shape index (κ3) is 1.70. The van der Waals surface area contributed by atoms with Crippen molar-refractivity contribution < 1.29 is 4.84 Å². The minimum Gasteiger partial charge on any atom is -0.386 e. The van der Waals surface area contributed by atoms with E-state index in [1.54, 1.807) is 0 Å². The molecule has 3 heteroatoms. The highest BCUT2D eigenvalue weighted by Gasteiger charge is 2.30. The first kappa shape index (κ1) is 8.99. The zero-order chi connectivity index (χ0) is 9.26. The highest BCUT2D eigenvalue weighted by molar-refractivity contribution is 14.1. The molecule has 1 aliphatic rings. The van der Waals surface area contributed by atoms with Crippen LogP contribution in [0, 0.1) is 0 Å². The van der Waals surface area contributed by atoms with E-state index in [-0.39, 0.29) is 6.10 Å². The van der Waals surface area contributed by atoms with Gasteiger partial charge in [-0.15, -0.1) is 0 Å². The highest BCUT2D eigenvalue weighted by atomic mass is 127. The minimum absolute atomic E-state index is 0.0989. The Morgan fingerprint density at radius 2 is 2.00 bits per heavy atom. The Bertz CT molecular complexity index is 323. The average molecular weight is 287 g/mol. The van der Waals surface area contributed by atoms with E-state index in [4.69, 9.17) is 4.84 Å². The van der Waals surface area contributed by atoms with Crippen molar-refractivity contribution in [2.75, 3.05) is 0 Å². The standard InChI is InChI=1S/C10H10INO/c1-7-9(11)10(13-12-7)8-5-3-2-4-6-8/h2-6,9-10H,1H3. The average Bonchev–Trinajstić information content (AvgIpc) is 2.49. The monoisotopic (exact) mass is 287 g/mol. The lowest BCUT2D eigenvalue weighted by molar-refractivity contribution is 0.0904. The van der Waals surface area contributed by atoms with Crippen molar-refractivity contribution in [2.45, 2.75) is 17.0 Å². The van der Waals surface area contributed by atoms with Crippen molar-refractivity contribution in [3.63, 3.8) is 0 Å². The van der Waals surface area contributed by atoms with Gasteiger partial charge in [-0.1, -0.05) is 58.1 Å². The Labute approximate surface area is 91.1 Å². The number of halogens is 1. The zero-order valence-electron chi connectivity index (χ0n) is 7.27. The van der Waals surface area contributed by atoms with E-state index >= 15 is 0 Å². The Morgan fingerprint density at radius 3 is 2.54 bits per heavy atom. The van der Waals surface area contributed by atoms with Crippen LogP contribution < -0.4 is 0 Å². The van der Waals surface area contributed by atoms with E-state index in [2.05, 4.69) is 39.9 Å². The fraction of sp³-hybridized carbons (Fsp3) is 0.300. The molecule has 0 N–H and O–H groups in total. The predicted octanol–water partition coefficient (Wildman–Crippen LogP) is 2.94. The van der Waals surface area contributed by atoms with Gasteiger partial charge in [-0.3, -0.25) is 0 Å². The molecule has 1 aromatic rings. The Kier molecular flexibility index (Phi) is 2.53. The summed E-state index contributed by atoms with van der Waals surface area (Å²) in [5, 5.41) is 3.98. The molecule has 1 heterocycles. The van der Waals surface area contributed by atoms with E-state index < -0.39 is 0 Å². The highest BCUT2D eigenvalue weighted by Crippen LogP contribution is 2.32. The largest absolute Gasteiger partial charge is 0.386 e. The number of oxime groups is 1. The molecular formula is C10H10INO. The third-order valence-corrected chi connectivity index (χ3v) is 3.66. The SMILES string of the molecule is CC1=NOC(c2ccccc2)C1I. The molecule has 1 aromatic carbocycles. The summed E-state index contributed by atoms with van der Waals surface area (Å²) >= 11 is 2.37. The second-order valence-electron chi connectivity index (χ2n) is 3.07. The van der Waals surface area contributed by atoms with E-state index in [1.807, 2.05) is 25.1 Å². The van der Waals surface area contributed by atoms with E-state index in [9.17, 15) is 0 Å². The Hall–Kier alpha value is -0.580. The number of hydrogen-bond acceptors (Lipinski definition) is 2. The Morgan fingerprint density at radius 1 is 1.31 bits per heavy atom. The summed E-state index contributed by atoms with van der Waals surface area (Å²) in [6, 6.07) is 10.2. The number of rotatable bonds is 1. The maximum absolute atomic E-state index is 5.34. The van der Waals surface area contributed by atoms with Crippen LogP contribution in [0.4, 0.5) is 0 Å². The normalized spacial score (nSPS) is 26.8. The van der Waals surface area contributed by atoms with Crippen molar-refractivity contribution in [2.24, 2.45) is 5.16 Å². The maximum atomic E-state index is 5.34. The quantitative estimate of drug-likeness (QED) is 0.575. The summed E-state index contributed by atoms with van der Waals surface area (Å²) in [5.74, 6) is 0. The van der Waals surface area contributed by atoms with Gasteiger partial charge in [-0.2, -0.15) is 0 Å². The first-order valence-electron chi connectivity index (χ1n) is 4.18. The molecule has 1 aliphatic heterocycles. The summed E-state index contributed by atoms with van der Waals surface area (Å²) in [5.41, 5.74) is 2.26. The molecular weight excluding hydrogens is 277 g/mol. The minimum atomic E-state index is 0.0989. The summed E-state index contributed by atoms with van der Waals surface area (Å²) < 4.78 is 0.361. The van der Waals surface area contributed by atoms with Crippen molar-refractivity contribution in [3.8, 4) is 0 Å². The molecule has 68 valence electrons. The molecule has 2 nitrogen and oxygen atoms in total. The second-order valence-corrected chi connectivity index (χ2v) is 4.41. The van der Waals surface area contributed by atoms with Gasteiger partial charge in [0.05, 0.1) is 9.64 Å². The lowest BCUT2D eigenvalue weighted by atomic mass is 10.1. The van der Waals surface area contributed by atoms with Crippen molar-refractivity contribution in [1.29, 1.82) is 0 Å². The molecule has 0 spiro atoms. The molecule has 0 amide bonds. The number of benzene rings is 1. The van der Waals surface area contributed by atoms with Crippen LogP contribution in [-0.4, -0.2) is 9.64 Å². The predicted molar refractivity (Wildman–Crippen MR) is 61.2 cm³/mol. The smallest absolute Gasteiger partial charge is 0.169 e. The molecule has 2 rings (SSSR count). The van der Waals surface area contributed by atoms with Crippen LogP contribution in [0.5, 0.6) is 0 Å². The van der Waals surface area contributed by atoms with Gasteiger partial charge in [0.1, 0.15) is 0 Å². The van der Waals surface area contributed by atoms with Crippen LogP contribution >= 0.6 is 22.6 Å². The van der Waals surface area contributed by atoms with E-state index in [1.165, 1.54) is 5.56 Å². The Balaban J connectivity index is 2.22. The molecule has 13 heavy (non-hydrogen) atoms. The van der Waals surface area contributed by atoms with Gasteiger partial charge in [-0.05, 0) is 12.5 Å². The lowest BCUT2D eigenvalue weighted by Crippen LogP contribution is -2.13. The maximum Gasteiger partial charge on any atom is 0.169 e. The van der Waals surface area contributed by atoms with Gasteiger partial charge >= 0.3 is 0 Å². The van der Waals surface area contributed by atoms with Gasteiger partial charge in [0.15, 0.2) is 6.10 Å². The molecule has 0 saturated heterocycles. The summed E-state index contributed by atoms with van der Waals surface area (Å²) in [7, 11) is 0. The first-order valence-corrected chi connectivity index (χ1v) is 5.43. The molecule has 0 aromatic heterocycles. The van der Waals surface area contributed by atoms with Crippen LogP contribution in [0.15, 0.2) is 35.5 Å². The number of alkyl halides is 1. The summed E-state index contributed by atoms with van der Waals surface area (Å²) in [4.78, 5) is 5.34. The van der Waals surface area contributed by atoms with Crippen LogP contribution in [0.25, 0.3) is 0 Å². The molecule has 2 atom stereocenters. The third-order valence-electron chi connectivity index (χ3n) is 2.10. The zero-order valence-corrected chi connectivity index (χ0v) is 9.43. The van der Waals surface area contributed by atoms with Crippen LogP contribution in [0.1, 0.15) is 18.6 Å². The summed E-state index contributed by atoms with van der Waals surface area (Å²) in [6.07, 6.45) is 0.0989. The van der Waals surface area contributed by atoms with E-state index in [0.29, 0.717) is 3.92 Å². The van der Waals surface area contributed by atoms with Crippen LogP contribution in [-0.2, 0) is 4.84 Å². The van der Waals surface area contributed by atoms with E-state index in [0.717, 1.165) is 5.71 Å². The van der Waals surface area contributed by atoms with Crippen LogP contribution in [0.3, 0.4) is 0 Å². The van der Waals surface area contributed by atoms with Crippen LogP contribution in [0.2, 0.25) is 0 Å². The molecule has 0 saturated carbocycles. The van der Waals surface area contributed by atoms with Gasteiger partial charge in [0, 0.05) is 0 Å². The second kappa shape index (κ2) is 3.65. The van der Waals surface area contributed by atoms with Crippen molar-refractivity contribution in [3.05, 3.63) is 35.9 Å². The van der Waals surface area contributed by atoms with Gasteiger partial charge < -0.3 is 4.84 Å². The fourth-order valence-electron chi connectivity index (χ4n) is 1.34. The van der Waals surface area contributed by atoms with Crippen molar-refractivity contribution in [1.82, 2.24) is 0 Å². The number of nitrogens with zero attached hydrogens (tertiary/aromatic N) is 1.